The fraction of sp³-hybridized carbons (Fsp3) is 0.111. The minimum atomic E-state index is -2.83. The smallest absolute Gasteiger partial charge is 0.253 e. The molecule has 3 rings (SSSR count). The minimum absolute atomic E-state index is 0.0139. The van der Waals surface area contributed by atoms with E-state index in [2.05, 4.69) is 15.5 Å². The van der Waals surface area contributed by atoms with Gasteiger partial charge in [-0.05, 0) is 5.56 Å². The van der Waals surface area contributed by atoms with Gasteiger partial charge in [-0.3, -0.25) is 5.43 Å². The molecule has 0 saturated carbocycles. The Bertz CT molecular complexity index is 821. The van der Waals surface area contributed by atoms with Crippen molar-refractivity contribution in [3.05, 3.63) is 71.1 Å². The number of thiazole rings is 1. The lowest BCUT2D eigenvalue weighted by atomic mass is 10.1. The number of hydrazone groups is 1. The standard InChI is InChI=1S/C18H15F2N3S/c1-18(19,20)15-9-7-13(8-10-15)11-21-23-17-22-16(12-24-17)14-5-3-2-4-6-14/h2-12H,1H3,(H,22,23). The SMILES string of the molecule is CC(F)(F)c1ccc(C=NNc2nc(-c3ccccc3)cs2)cc1. The van der Waals surface area contributed by atoms with Crippen molar-refractivity contribution in [3.63, 3.8) is 0 Å². The maximum atomic E-state index is 13.1. The molecule has 6 heteroatoms. The van der Waals surface area contributed by atoms with Gasteiger partial charge in [-0.25, -0.2) is 13.8 Å². The van der Waals surface area contributed by atoms with Crippen molar-refractivity contribution in [2.45, 2.75) is 12.8 Å². The molecule has 3 nitrogen and oxygen atoms in total. The molecule has 0 aliphatic heterocycles. The summed E-state index contributed by atoms with van der Waals surface area (Å²) in [5.74, 6) is -2.83. The quantitative estimate of drug-likeness (QED) is 0.500. The van der Waals surface area contributed by atoms with E-state index in [1.165, 1.54) is 23.5 Å². The van der Waals surface area contributed by atoms with Crippen LogP contribution in [0, 0.1) is 0 Å². The van der Waals surface area contributed by atoms with Crippen LogP contribution in [0.3, 0.4) is 0 Å². The third-order valence-corrected chi connectivity index (χ3v) is 4.11. The fourth-order valence-electron chi connectivity index (χ4n) is 2.09. The van der Waals surface area contributed by atoms with Gasteiger partial charge in [0, 0.05) is 23.4 Å². The zero-order valence-electron chi connectivity index (χ0n) is 12.9. The first-order valence-corrected chi connectivity index (χ1v) is 8.19. The Balaban J connectivity index is 1.64. The topological polar surface area (TPSA) is 37.3 Å². The molecule has 0 radical (unpaired) electrons. The Morgan fingerprint density at radius 1 is 1.08 bits per heavy atom. The van der Waals surface area contributed by atoms with Crippen LogP contribution in [-0.4, -0.2) is 11.2 Å². The number of nitrogens with zero attached hydrogens (tertiary/aromatic N) is 2. The van der Waals surface area contributed by atoms with Crippen molar-refractivity contribution in [2.24, 2.45) is 5.10 Å². The summed E-state index contributed by atoms with van der Waals surface area (Å²) in [5.41, 5.74) is 5.50. The Morgan fingerprint density at radius 3 is 2.46 bits per heavy atom. The van der Waals surface area contributed by atoms with E-state index in [0.717, 1.165) is 23.7 Å². The fourth-order valence-corrected chi connectivity index (χ4v) is 2.76. The van der Waals surface area contributed by atoms with Crippen LogP contribution in [0.5, 0.6) is 0 Å². The largest absolute Gasteiger partial charge is 0.270 e. The predicted molar refractivity (Wildman–Crippen MR) is 94.8 cm³/mol. The summed E-state index contributed by atoms with van der Waals surface area (Å²) >= 11 is 1.45. The van der Waals surface area contributed by atoms with E-state index < -0.39 is 5.92 Å². The maximum Gasteiger partial charge on any atom is 0.270 e. The zero-order valence-corrected chi connectivity index (χ0v) is 13.7. The molecule has 0 bridgehead atoms. The van der Waals surface area contributed by atoms with E-state index >= 15 is 0 Å². The van der Waals surface area contributed by atoms with Gasteiger partial charge < -0.3 is 0 Å². The lowest BCUT2D eigenvalue weighted by Crippen LogP contribution is -2.06. The Kier molecular flexibility index (Phi) is 4.66. The van der Waals surface area contributed by atoms with Gasteiger partial charge in [0.2, 0.25) is 5.13 Å². The molecule has 1 aromatic heterocycles. The molecule has 1 N–H and O–H groups in total. The number of aromatic nitrogens is 1. The third kappa shape index (κ3) is 4.02. The van der Waals surface area contributed by atoms with Crippen molar-refractivity contribution in [3.8, 4) is 11.3 Å². The first kappa shape index (κ1) is 16.3. The average molecular weight is 343 g/mol. The Hall–Kier alpha value is -2.60. The molecule has 122 valence electrons. The van der Waals surface area contributed by atoms with Crippen LogP contribution in [0.2, 0.25) is 0 Å². The van der Waals surface area contributed by atoms with Gasteiger partial charge in [-0.2, -0.15) is 5.10 Å². The number of benzene rings is 2. The van der Waals surface area contributed by atoms with Crippen molar-refractivity contribution in [1.82, 2.24) is 4.98 Å². The van der Waals surface area contributed by atoms with Gasteiger partial charge in [0.15, 0.2) is 0 Å². The lowest BCUT2D eigenvalue weighted by molar-refractivity contribution is 0.0175. The molecule has 0 fully saturated rings. The molecule has 0 aliphatic carbocycles. The van der Waals surface area contributed by atoms with E-state index in [-0.39, 0.29) is 5.56 Å². The molecule has 3 aromatic rings. The predicted octanol–water partition coefficient (Wildman–Crippen LogP) is 5.37. The number of hydrogen-bond acceptors (Lipinski definition) is 4. The third-order valence-electron chi connectivity index (χ3n) is 3.37. The lowest BCUT2D eigenvalue weighted by Gasteiger charge is -2.09. The molecule has 0 spiro atoms. The molecule has 0 saturated heterocycles. The van der Waals surface area contributed by atoms with Crippen molar-refractivity contribution >= 4 is 22.7 Å². The first-order valence-electron chi connectivity index (χ1n) is 7.31. The number of halogens is 2. The number of anilines is 1. The van der Waals surface area contributed by atoms with Crippen molar-refractivity contribution in [1.29, 1.82) is 0 Å². The Morgan fingerprint density at radius 2 is 1.79 bits per heavy atom. The number of hydrogen-bond donors (Lipinski definition) is 1. The summed E-state index contributed by atoms with van der Waals surface area (Å²) in [7, 11) is 0. The van der Waals surface area contributed by atoms with E-state index in [4.69, 9.17) is 0 Å². The molecule has 24 heavy (non-hydrogen) atoms. The van der Waals surface area contributed by atoms with E-state index in [0.29, 0.717) is 5.13 Å². The van der Waals surface area contributed by atoms with Crippen LogP contribution in [0.15, 0.2) is 65.1 Å². The summed E-state index contributed by atoms with van der Waals surface area (Å²) < 4.78 is 26.3. The van der Waals surface area contributed by atoms with Crippen LogP contribution in [0.4, 0.5) is 13.9 Å². The van der Waals surface area contributed by atoms with E-state index in [9.17, 15) is 8.78 Å². The highest BCUT2D eigenvalue weighted by molar-refractivity contribution is 7.14. The van der Waals surface area contributed by atoms with Gasteiger partial charge in [0.05, 0.1) is 11.9 Å². The van der Waals surface area contributed by atoms with Gasteiger partial charge >= 0.3 is 0 Å². The maximum absolute atomic E-state index is 13.1. The normalized spacial score (nSPS) is 11.8. The Labute approximate surface area is 142 Å². The minimum Gasteiger partial charge on any atom is -0.253 e. The average Bonchev–Trinajstić information content (AvgIpc) is 3.04. The zero-order chi connectivity index (χ0) is 17.0. The highest BCUT2D eigenvalue weighted by Gasteiger charge is 2.23. The second-order valence-corrected chi connectivity index (χ2v) is 6.14. The molecule has 2 aromatic carbocycles. The van der Waals surface area contributed by atoms with Crippen LogP contribution in [0.25, 0.3) is 11.3 Å². The number of alkyl halides is 2. The summed E-state index contributed by atoms with van der Waals surface area (Å²) in [6.45, 7) is 0.879. The number of nitrogens with one attached hydrogen (secondary N) is 1. The second kappa shape index (κ2) is 6.88. The number of rotatable bonds is 5. The van der Waals surface area contributed by atoms with Crippen LogP contribution >= 0.6 is 11.3 Å². The second-order valence-electron chi connectivity index (χ2n) is 5.28. The van der Waals surface area contributed by atoms with Crippen LogP contribution < -0.4 is 5.43 Å². The molecule has 0 amide bonds. The van der Waals surface area contributed by atoms with Crippen molar-refractivity contribution < 1.29 is 8.78 Å². The first-order chi connectivity index (χ1) is 11.5. The summed E-state index contributed by atoms with van der Waals surface area (Å²) in [6.07, 6.45) is 1.57. The summed E-state index contributed by atoms with van der Waals surface area (Å²) in [6, 6.07) is 15.9. The summed E-state index contributed by atoms with van der Waals surface area (Å²) in [5, 5.41) is 6.71. The van der Waals surface area contributed by atoms with Gasteiger partial charge in [-0.1, -0.05) is 54.6 Å². The molecule has 0 unspecified atom stereocenters. The van der Waals surface area contributed by atoms with Gasteiger partial charge in [0.1, 0.15) is 0 Å². The monoisotopic (exact) mass is 343 g/mol. The summed E-state index contributed by atoms with van der Waals surface area (Å²) in [4.78, 5) is 4.45. The van der Waals surface area contributed by atoms with Crippen LogP contribution in [0.1, 0.15) is 18.1 Å². The molecule has 0 aliphatic rings. The van der Waals surface area contributed by atoms with Crippen LogP contribution in [-0.2, 0) is 5.92 Å². The molecule has 1 heterocycles. The van der Waals surface area contributed by atoms with E-state index in [1.54, 1.807) is 18.3 Å². The van der Waals surface area contributed by atoms with Gasteiger partial charge in [0.25, 0.3) is 5.92 Å². The highest BCUT2D eigenvalue weighted by atomic mass is 32.1. The van der Waals surface area contributed by atoms with E-state index in [1.807, 2.05) is 35.7 Å². The molecular formula is C18H15F2N3S. The molecular weight excluding hydrogens is 328 g/mol. The highest BCUT2D eigenvalue weighted by Crippen LogP contribution is 2.27. The van der Waals surface area contributed by atoms with Crippen molar-refractivity contribution in [2.75, 3.05) is 5.43 Å². The van der Waals surface area contributed by atoms with Gasteiger partial charge in [-0.15, -0.1) is 11.3 Å². The molecule has 0 atom stereocenters.